The lowest BCUT2D eigenvalue weighted by atomic mass is 9.95. The monoisotopic (exact) mass is 732 g/mol. The van der Waals surface area contributed by atoms with Crippen LogP contribution < -0.4 is 0 Å². The van der Waals surface area contributed by atoms with Gasteiger partial charge >= 0.3 is 11.9 Å². The van der Waals surface area contributed by atoms with E-state index < -0.39 is 11.9 Å². The van der Waals surface area contributed by atoms with E-state index in [-0.39, 0.29) is 10.8 Å². The summed E-state index contributed by atoms with van der Waals surface area (Å²) in [5, 5.41) is 0. The summed E-state index contributed by atoms with van der Waals surface area (Å²) in [5.41, 5.74) is 5.85. The molecular weight excluding hydrogens is 697 g/mol. The molecule has 0 spiro atoms. The van der Waals surface area contributed by atoms with Crippen LogP contribution in [0, 0.1) is 0 Å². The van der Waals surface area contributed by atoms with E-state index >= 15 is 0 Å². The molecule has 7 aromatic rings. The second kappa shape index (κ2) is 13.0. The van der Waals surface area contributed by atoms with Gasteiger partial charge in [-0.05, 0) is 59.4 Å². The summed E-state index contributed by atoms with van der Waals surface area (Å²) in [7, 11) is 2.71. The molecule has 11 heteroatoms. The van der Waals surface area contributed by atoms with Crippen LogP contribution >= 0.6 is 34.0 Å². The lowest BCUT2D eigenvalue weighted by Gasteiger charge is -2.15. The summed E-state index contributed by atoms with van der Waals surface area (Å²) in [5.74, 6) is -0.857. The van der Waals surface area contributed by atoms with Crippen LogP contribution in [0.1, 0.15) is 72.0 Å². The summed E-state index contributed by atoms with van der Waals surface area (Å²) >= 11 is 5.26. The van der Waals surface area contributed by atoms with Gasteiger partial charge < -0.3 is 9.47 Å². The number of ether oxygens (including phenoxy) is 2. The van der Waals surface area contributed by atoms with E-state index in [0.717, 1.165) is 41.7 Å². The van der Waals surface area contributed by atoms with Gasteiger partial charge in [-0.1, -0.05) is 65.8 Å². The molecule has 8 nitrogen and oxygen atoms in total. The van der Waals surface area contributed by atoms with Gasteiger partial charge in [0.2, 0.25) is 0 Å². The number of thiophene rings is 3. The molecule has 0 aliphatic heterocycles. The molecule has 0 aliphatic carbocycles. The van der Waals surface area contributed by atoms with E-state index in [4.69, 9.17) is 29.4 Å². The Morgan fingerprint density at radius 3 is 1.20 bits per heavy atom. The molecule has 51 heavy (non-hydrogen) atoms. The first kappa shape index (κ1) is 34.6. The molecule has 5 heterocycles. The molecule has 0 radical (unpaired) electrons. The highest BCUT2D eigenvalue weighted by atomic mass is 32.1. The van der Waals surface area contributed by atoms with Gasteiger partial charge in [0.25, 0.3) is 0 Å². The number of rotatable bonds is 6. The van der Waals surface area contributed by atoms with Crippen molar-refractivity contribution in [3.05, 3.63) is 93.7 Å². The summed E-state index contributed by atoms with van der Waals surface area (Å²) < 4.78 is 9.82. The summed E-state index contributed by atoms with van der Waals surface area (Å²) in [4.78, 5) is 52.0. The van der Waals surface area contributed by atoms with Gasteiger partial charge in [-0.15, -0.1) is 34.0 Å². The topological polar surface area (TPSA) is 104 Å². The number of hydrogen-bond acceptors (Lipinski definition) is 11. The van der Waals surface area contributed by atoms with Gasteiger partial charge in [0.15, 0.2) is 11.3 Å². The number of aromatic nitrogens is 4. The highest BCUT2D eigenvalue weighted by Crippen LogP contribution is 2.48. The minimum absolute atomic E-state index is 0.0157. The third-order valence-corrected chi connectivity index (χ3v) is 13.0. The molecule has 2 aromatic carbocycles. The summed E-state index contributed by atoms with van der Waals surface area (Å²) in [6, 6.07) is 22.8. The highest BCUT2D eigenvalue weighted by molar-refractivity contribution is 7.28. The molecule has 0 bridgehead atoms. The van der Waals surface area contributed by atoms with Crippen LogP contribution in [-0.2, 0) is 20.3 Å². The Morgan fingerprint density at radius 2 is 0.882 bits per heavy atom. The van der Waals surface area contributed by atoms with Crippen molar-refractivity contribution in [3.63, 3.8) is 0 Å². The normalized spacial score (nSPS) is 12.1. The first-order valence-corrected chi connectivity index (χ1v) is 18.8. The standard InChI is InChI=1S/C40H36N4O4S3/c1-39(2,3)27-19-17-25(49-27)33-31-32(34(51-33)26-18-20-28(50-26)40(4,5)6)44-36-35(43-31)41-29(21-9-13-23(14-10-21)37(45)47-7)30(42-36)22-11-15-24(16-12-22)38(46)48-8/h9-20H,1-8H3. The second-order valence-electron chi connectivity index (χ2n) is 14.2. The highest BCUT2D eigenvalue weighted by Gasteiger charge is 2.26. The number of nitrogens with zero attached hydrogens (tertiary/aromatic N) is 4. The fourth-order valence-corrected chi connectivity index (χ4v) is 9.16. The minimum atomic E-state index is -0.428. The van der Waals surface area contributed by atoms with E-state index in [2.05, 4.69) is 65.8 Å². The molecule has 0 aliphatic rings. The van der Waals surface area contributed by atoms with Crippen LogP contribution in [0.3, 0.4) is 0 Å². The van der Waals surface area contributed by atoms with Crippen LogP contribution in [0.15, 0.2) is 72.8 Å². The van der Waals surface area contributed by atoms with Crippen molar-refractivity contribution in [3.8, 4) is 42.0 Å². The molecule has 0 saturated carbocycles. The third kappa shape index (κ3) is 6.57. The van der Waals surface area contributed by atoms with Crippen molar-refractivity contribution in [1.29, 1.82) is 0 Å². The van der Waals surface area contributed by atoms with Gasteiger partial charge in [-0.25, -0.2) is 29.5 Å². The second-order valence-corrected chi connectivity index (χ2v) is 17.4. The molecule has 0 unspecified atom stereocenters. The lowest BCUT2D eigenvalue weighted by Crippen LogP contribution is -2.07. The molecule has 258 valence electrons. The molecule has 5 aromatic heterocycles. The Morgan fingerprint density at radius 1 is 0.510 bits per heavy atom. The van der Waals surface area contributed by atoms with Crippen molar-refractivity contribution < 1.29 is 19.1 Å². The predicted octanol–water partition coefficient (Wildman–Crippen LogP) is 10.6. The predicted molar refractivity (Wildman–Crippen MR) is 208 cm³/mol. The maximum atomic E-state index is 12.2. The van der Waals surface area contributed by atoms with Crippen molar-refractivity contribution in [2.75, 3.05) is 14.2 Å². The van der Waals surface area contributed by atoms with Crippen molar-refractivity contribution in [1.82, 2.24) is 19.9 Å². The molecule has 7 rings (SSSR count). The molecule has 0 fully saturated rings. The number of benzene rings is 2. The van der Waals surface area contributed by atoms with Crippen molar-refractivity contribution in [2.45, 2.75) is 52.4 Å². The fourth-order valence-electron chi connectivity index (χ4n) is 5.63. The quantitative estimate of drug-likeness (QED) is 0.156. The zero-order valence-electron chi connectivity index (χ0n) is 29.6. The maximum Gasteiger partial charge on any atom is 0.337 e. The average molecular weight is 733 g/mol. The number of fused-ring (bicyclic) bond motifs is 2. The first-order chi connectivity index (χ1) is 24.2. The Balaban J connectivity index is 1.48. The van der Waals surface area contributed by atoms with E-state index in [1.54, 1.807) is 58.3 Å². The number of carbonyl (C=O) groups is 2. The smallest absolute Gasteiger partial charge is 0.337 e. The Bertz CT molecular complexity index is 2280. The lowest BCUT2D eigenvalue weighted by molar-refractivity contribution is 0.0592. The van der Waals surface area contributed by atoms with Crippen molar-refractivity contribution >= 4 is 68.3 Å². The minimum Gasteiger partial charge on any atom is -0.465 e. The molecule has 0 amide bonds. The average Bonchev–Trinajstić information content (AvgIpc) is 3.89. The van der Waals surface area contributed by atoms with E-state index in [1.807, 2.05) is 24.3 Å². The Hall–Kier alpha value is -4.84. The number of methoxy groups -OCH3 is 2. The van der Waals surface area contributed by atoms with Crippen LogP contribution in [0.2, 0.25) is 0 Å². The largest absolute Gasteiger partial charge is 0.465 e. The SMILES string of the molecule is COC(=O)c1ccc(-c2nc3nc4c(-c5ccc(C(C)(C)C)s5)sc(-c5ccc(C(C)(C)C)s5)c4nc3nc2-c2ccc(C(=O)OC)cc2)cc1. The number of carbonyl (C=O) groups excluding carboxylic acids is 2. The Kier molecular flexibility index (Phi) is 8.85. The van der Waals surface area contributed by atoms with Gasteiger partial charge in [0, 0.05) is 30.6 Å². The van der Waals surface area contributed by atoms with Crippen molar-refractivity contribution in [2.24, 2.45) is 0 Å². The fraction of sp³-hybridized carbons (Fsp3) is 0.250. The molecule has 0 atom stereocenters. The van der Waals surface area contributed by atoms with Gasteiger partial charge in [0.05, 0.1) is 46.5 Å². The zero-order valence-corrected chi connectivity index (χ0v) is 32.0. The Labute approximate surface area is 308 Å². The van der Waals surface area contributed by atoms with Crippen LogP contribution in [0.4, 0.5) is 0 Å². The maximum absolute atomic E-state index is 12.2. The third-order valence-electron chi connectivity index (χ3n) is 8.45. The van der Waals surface area contributed by atoms with E-state index in [9.17, 15) is 9.59 Å². The zero-order chi connectivity index (χ0) is 36.2. The van der Waals surface area contributed by atoms with Gasteiger partial charge in [-0.3, -0.25) is 0 Å². The van der Waals surface area contributed by atoms with Crippen LogP contribution in [0.5, 0.6) is 0 Å². The van der Waals surface area contributed by atoms with Gasteiger partial charge in [0.1, 0.15) is 11.0 Å². The molecule has 0 N–H and O–H groups in total. The summed E-state index contributed by atoms with van der Waals surface area (Å²) in [6.07, 6.45) is 0. The van der Waals surface area contributed by atoms with Crippen LogP contribution in [-0.4, -0.2) is 46.1 Å². The number of esters is 2. The summed E-state index contributed by atoms with van der Waals surface area (Å²) in [6.45, 7) is 13.4. The molecular formula is C40H36N4O4S3. The number of hydrogen-bond donors (Lipinski definition) is 0. The van der Waals surface area contributed by atoms with E-state index in [1.165, 1.54) is 24.0 Å². The van der Waals surface area contributed by atoms with Crippen LogP contribution in [0.25, 0.3) is 64.4 Å². The first-order valence-electron chi connectivity index (χ1n) is 16.4. The molecule has 0 saturated heterocycles. The van der Waals surface area contributed by atoms with E-state index in [0.29, 0.717) is 33.8 Å². The van der Waals surface area contributed by atoms with Gasteiger partial charge in [-0.2, -0.15) is 0 Å².